The summed E-state index contributed by atoms with van der Waals surface area (Å²) in [5.74, 6) is 1.66. The largest absolute Gasteiger partial charge is 0.382 e. The summed E-state index contributed by atoms with van der Waals surface area (Å²) in [4.78, 5) is 11.2. The van der Waals surface area contributed by atoms with E-state index in [0.29, 0.717) is 12.5 Å². The van der Waals surface area contributed by atoms with Crippen LogP contribution in [0.2, 0.25) is 0 Å². The minimum Gasteiger partial charge on any atom is -0.382 e. The lowest BCUT2D eigenvalue weighted by molar-refractivity contribution is -0.117. The van der Waals surface area contributed by atoms with Gasteiger partial charge in [0, 0.05) is 11.7 Å². The van der Waals surface area contributed by atoms with Crippen molar-refractivity contribution in [1.82, 2.24) is 0 Å². The van der Waals surface area contributed by atoms with Crippen molar-refractivity contribution in [2.24, 2.45) is 17.6 Å². The summed E-state index contributed by atoms with van der Waals surface area (Å²) in [6, 6.07) is 8.61. The van der Waals surface area contributed by atoms with Crippen LogP contribution in [0.1, 0.15) is 44.1 Å². The van der Waals surface area contributed by atoms with E-state index in [1.165, 1.54) is 38.5 Å². The third-order valence-electron chi connectivity index (χ3n) is 4.75. The highest BCUT2D eigenvalue weighted by Crippen LogP contribution is 2.44. The van der Waals surface area contributed by atoms with Crippen molar-refractivity contribution in [2.45, 2.75) is 51.0 Å². The summed E-state index contributed by atoms with van der Waals surface area (Å²) in [7, 11) is 0. The fourth-order valence-corrected chi connectivity index (χ4v) is 3.58. The molecule has 3 heteroatoms. The average Bonchev–Trinajstić information content (AvgIpc) is 3.25. The lowest BCUT2D eigenvalue weighted by Crippen LogP contribution is -2.28. The van der Waals surface area contributed by atoms with Crippen LogP contribution in [0.4, 0.5) is 5.69 Å². The van der Waals surface area contributed by atoms with Crippen molar-refractivity contribution in [3.63, 3.8) is 0 Å². The first-order valence-electron chi connectivity index (χ1n) is 7.85. The second kappa shape index (κ2) is 5.86. The van der Waals surface area contributed by atoms with Crippen LogP contribution in [0.3, 0.4) is 0 Å². The van der Waals surface area contributed by atoms with Gasteiger partial charge in [-0.05, 0) is 49.1 Å². The maximum atomic E-state index is 11.2. The molecular formula is C17H24N2O. The van der Waals surface area contributed by atoms with Gasteiger partial charge in [0.2, 0.25) is 5.91 Å². The number of amides is 1. The summed E-state index contributed by atoms with van der Waals surface area (Å²) >= 11 is 0. The lowest BCUT2D eigenvalue weighted by Gasteiger charge is -2.31. The molecule has 2 atom stereocenters. The standard InChI is InChI=1S/C17H24N2O/c18-17(20)11-14-4-1-2-7-16(14)19-15-6-3-5-13(10-15)12-8-9-12/h1-2,4,7,12-13,15,19H,3,5-6,8-11H2,(H2,18,20). The Kier molecular flexibility index (Phi) is 3.95. The van der Waals surface area contributed by atoms with Crippen molar-refractivity contribution in [3.8, 4) is 0 Å². The Bertz CT molecular complexity index is 482. The number of rotatable bonds is 5. The topological polar surface area (TPSA) is 55.1 Å². The Labute approximate surface area is 120 Å². The zero-order valence-electron chi connectivity index (χ0n) is 12.0. The molecule has 2 fully saturated rings. The predicted molar refractivity (Wildman–Crippen MR) is 81.4 cm³/mol. The molecule has 3 N–H and O–H groups in total. The van der Waals surface area contributed by atoms with E-state index in [0.717, 1.165) is 23.1 Å². The molecule has 2 saturated carbocycles. The fourth-order valence-electron chi connectivity index (χ4n) is 3.58. The van der Waals surface area contributed by atoms with Gasteiger partial charge in [0.05, 0.1) is 6.42 Å². The fraction of sp³-hybridized carbons (Fsp3) is 0.588. The zero-order chi connectivity index (χ0) is 13.9. The average molecular weight is 272 g/mol. The number of nitrogens with two attached hydrogens (primary N) is 1. The van der Waals surface area contributed by atoms with E-state index in [4.69, 9.17) is 5.73 Å². The van der Waals surface area contributed by atoms with Crippen LogP contribution >= 0.6 is 0 Å². The van der Waals surface area contributed by atoms with Crippen LogP contribution < -0.4 is 11.1 Å². The molecule has 3 rings (SSSR count). The van der Waals surface area contributed by atoms with Crippen LogP contribution in [0.25, 0.3) is 0 Å². The second-order valence-corrected chi connectivity index (χ2v) is 6.41. The minimum atomic E-state index is -0.265. The smallest absolute Gasteiger partial charge is 0.221 e. The summed E-state index contributed by atoms with van der Waals surface area (Å²) in [5, 5.41) is 3.66. The molecule has 3 nitrogen and oxygen atoms in total. The minimum absolute atomic E-state index is 0.265. The number of primary amides is 1. The second-order valence-electron chi connectivity index (χ2n) is 6.41. The summed E-state index contributed by atoms with van der Waals surface area (Å²) in [6.07, 6.45) is 8.47. The Morgan fingerprint density at radius 2 is 1.95 bits per heavy atom. The van der Waals surface area contributed by atoms with Crippen molar-refractivity contribution in [2.75, 3.05) is 5.32 Å². The molecule has 0 aliphatic heterocycles. The number of para-hydroxylation sites is 1. The van der Waals surface area contributed by atoms with E-state index >= 15 is 0 Å². The third-order valence-corrected chi connectivity index (χ3v) is 4.75. The molecule has 1 amide bonds. The van der Waals surface area contributed by atoms with E-state index in [1.54, 1.807) is 0 Å². The van der Waals surface area contributed by atoms with E-state index < -0.39 is 0 Å². The van der Waals surface area contributed by atoms with Gasteiger partial charge in [0.25, 0.3) is 0 Å². The van der Waals surface area contributed by atoms with Gasteiger partial charge in [-0.15, -0.1) is 0 Å². The van der Waals surface area contributed by atoms with Gasteiger partial charge in [-0.1, -0.05) is 31.0 Å². The molecule has 20 heavy (non-hydrogen) atoms. The SMILES string of the molecule is NC(=O)Cc1ccccc1NC1CCCC(C2CC2)C1. The van der Waals surface area contributed by atoms with Gasteiger partial charge in [0.1, 0.15) is 0 Å². The monoisotopic (exact) mass is 272 g/mol. The van der Waals surface area contributed by atoms with Gasteiger partial charge in [0.15, 0.2) is 0 Å². The molecule has 0 spiro atoms. The first-order chi connectivity index (χ1) is 9.72. The normalized spacial score (nSPS) is 26.2. The van der Waals surface area contributed by atoms with Crippen molar-refractivity contribution in [3.05, 3.63) is 29.8 Å². The van der Waals surface area contributed by atoms with Gasteiger partial charge >= 0.3 is 0 Å². The number of anilines is 1. The molecule has 0 radical (unpaired) electrons. The first kappa shape index (κ1) is 13.5. The summed E-state index contributed by atoms with van der Waals surface area (Å²) in [6.45, 7) is 0. The number of carbonyl (C=O) groups excluding carboxylic acids is 1. The van der Waals surface area contributed by atoms with Gasteiger partial charge in [-0.25, -0.2) is 0 Å². The molecule has 0 heterocycles. The molecule has 108 valence electrons. The number of nitrogens with one attached hydrogen (secondary N) is 1. The highest BCUT2D eigenvalue weighted by Gasteiger charge is 2.34. The van der Waals surface area contributed by atoms with E-state index in [-0.39, 0.29) is 5.91 Å². The van der Waals surface area contributed by atoms with Crippen LogP contribution in [0.15, 0.2) is 24.3 Å². The predicted octanol–water partition coefficient (Wildman–Crippen LogP) is 3.10. The summed E-state index contributed by atoms with van der Waals surface area (Å²) in [5.41, 5.74) is 7.44. The van der Waals surface area contributed by atoms with Crippen molar-refractivity contribution < 1.29 is 4.79 Å². The molecule has 0 saturated heterocycles. The summed E-state index contributed by atoms with van der Waals surface area (Å²) < 4.78 is 0. The van der Waals surface area contributed by atoms with Crippen molar-refractivity contribution >= 4 is 11.6 Å². The van der Waals surface area contributed by atoms with Crippen LogP contribution in [0, 0.1) is 11.8 Å². The Morgan fingerprint density at radius 1 is 1.15 bits per heavy atom. The molecule has 0 bridgehead atoms. The van der Waals surface area contributed by atoms with E-state index in [2.05, 4.69) is 11.4 Å². The number of carbonyl (C=O) groups is 1. The maximum Gasteiger partial charge on any atom is 0.221 e. The molecular weight excluding hydrogens is 248 g/mol. The molecule has 2 aliphatic rings. The maximum absolute atomic E-state index is 11.2. The van der Waals surface area contributed by atoms with Crippen molar-refractivity contribution in [1.29, 1.82) is 0 Å². The first-order valence-corrected chi connectivity index (χ1v) is 7.85. The lowest BCUT2D eigenvalue weighted by atomic mass is 9.82. The van der Waals surface area contributed by atoms with Crippen LogP contribution in [0.5, 0.6) is 0 Å². The molecule has 2 aliphatic carbocycles. The number of benzene rings is 1. The van der Waals surface area contributed by atoms with Crippen LogP contribution in [-0.4, -0.2) is 11.9 Å². The Balaban J connectivity index is 1.65. The quantitative estimate of drug-likeness (QED) is 0.865. The number of hydrogen-bond donors (Lipinski definition) is 2. The zero-order valence-corrected chi connectivity index (χ0v) is 12.0. The van der Waals surface area contributed by atoms with Gasteiger partial charge in [-0.2, -0.15) is 0 Å². The third kappa shape index (κ3) is 3.33. The molecule has 2 unspecified atom stereocenters. The van der Waals surface area contributed by atoms with Gasteiger partial charge < -0.3 is 11.1 Å². The molecule has 1 aromatic carbocycles. The highest BCUT2D eigenvalue weighted by atomic mass is 16.1. The highest BCUT2D eigenvalue weighted by molar-refractivity contribution is 5.78. The Morgan fingerprint density at radius 3 is 2.70 bits per heavy atom. The molecule has 0 aromatic heterocycles. The van der Waals surface area contributed by atoms with Gasteiger partial charge in [-0.3, -0.25) is 4.79 Å². The Hall–Kier alpha value is -1.51. The van der Waals surface area contributed by atoms with E-state index in [9.17, 15) is 4.79 Å². The number of hydrogen-bond acceptors (Lipinski definition) is 2. The molecule has 1 aromatic rings. The van der Waals surface area contributed by atoms with E-state index in [1.807, 2.05) is 18.2 Å². The van der Waals surface area contributed by atoms with Crippen LogP contribution in [-0.2, 0) is 11.2 Å².